The summed E-state index contributed by atoms with van der Waals surface area (Å²) < 4.78 is 19.0. The van der Waals surface area contributed by atoms with Gasteiger partial charge in [-0.25, -0.2) is 4.39 Å². The summed E-state index contributed by atoms with van der Waals surface area (Å²) in [6, 6.07) is 3.92. The highest BCUT2D eigenvalue weighted by Gasteiger charge is 2.39. The highest BCUT2D eigenvalue weighted by Crippen LogP contribution is 2.31. The van der Waals surface area contributed by atoms with Crippen LogP contribution in [0.1, 0.15) is 10.4 Å². The minimum Gasteiger partial charge on any atom is -0.378 e. The van der Waals surface area contributed by atoms with E-state index in [1.165, 1.54) is 12.1 Å². The number of amides is 2. The predicted molar refractivity (Wildman–Crippen MR) is 70.5 cm³/mol. The largest absolute Gasteiger partial charge is 0.378 e. The Hall–Kier alpha value is -2.28. The number of halogens is 1. The molecule has 0 atom stereocenters. The molecule has 1 saturated heterocycles. The number of hydrogen-bond acceptors (Lipinski definition) is 4. The summed E-state index contributed by atoms with van der Waals surface area (Å²) in [5.74, 6) is -2.65. The molecule has 1 aromatic rings. The Morgan fingerprint density at radius 3 is 2.67 bits per heavy atom. The fourth-order valence-corrected chi connectivity index (χ4v) is 2.51. The first-order valence-corrected chi connectivity index (χ1v) is 6.60. The lowest BCUT2D eigenvalue weighted by molar-refractivity contribution is -0.134. The molecule has 0 unspecified atom stereocenters. The number of Topliss-reactive ketones (excluding diaryl/α,β-unsaturated/α-hetero) is 1. The maximum Gasteiger partial charge on any atom is 0.300 e. The maximum atomic E-state index is 13.9. The summed E-state index contributed by atoms with van der Waals surface area (Å²) in [5.41, 5.74) is -0.0936. The van der Waals surface area contributed by atoms with E-state index in [9.17, 15) is 18.8 Å². The number of ketones is 1. The summed E-state index contributed by atoms with van der Waals surface area (Å²) >= 11 is 0. The van der Waals surface area contributed by atoms with Crippen LogP contribution < -0.4 is 4.90 Å². The highest BCUT2D eigenvalue weighted by atomic mass is 19.1. The molecule has 2 heterocycles. The SMILES string of the molecule is O=C1C(=O)N(CC(=O)N2CCOCC2)c2c(F)cccc21. The molecule has 6 nitrogen and oxygen atoms in total. The van der Waals surface area contributed by atoms with Crippen LogP contribution in [0.3, 0.4) is 0 Å². The van der Waals surface area contributed by atoms with E-state index in [1.54, 1.807) is 4.90 Å². The van der Waals surface area contributed by atoms with Gasteiger partial charge in [-0.1, -0.05) is 6.07 Å². The van der Waals surface area contributed by atoms with Crippen LogP contribution in [-0.2, 0) is 14.3 Å². The van der Waals surface area contributed by atoms with Crippen LogP contribution in [0, 0.1) is 5.82 Å². The Labute approximate surface area is 120 Å². The van der Waals surface area contributed by atoms with Gasteiger partial charge in [-0.15, -0.1) is 0 Å². The molecule has 0 aromatic heterocycles. The zero-order valence-electron chi connectivity index (χ0n) is 11.2. The molecule has 1 fully saturated rings. The summed E-state index contributed by atoms with van der Waals surface area (Å²) in [5, 5.41) is 0. The van der Waals surface area contributed by atoms with Crippen LogP contribution in [0.2, 0.25) is 0 Å². The normalized spacial score (nSPS) is 18.1. The zero-order valence-corrected chi connectivity index (χ0v) is 11.2. The molecule has 3 rings (SSSR count). The van der Waals surface area contributed by atoms with Crippen molar-refractivity contribution >= 4 is 23.3 Å². The van der Waals surface area contributed by atoms with Crippen molar-refractivity contribution in [2.24, 2.45) is 0 Å². The lowest BCUT2D eigenvalue weighted by atomic mass is 10.1. The minimum atomic E-state index is -0.864. The van der Waals surface area contributed by atoms with Crippen molar-refractivity contribution < 1.29 is 23.5 Å². The van der Waals surface area contributed by atoms with Crippen LogP contribution >= 0.6 is 0 Å². The molecule has 0 N–H and O–H groups in total. The van der Waals surface area contributed by atoms with E-state index in [2.05, 4.69) is 0 Å². The van der Waals surface area contributed by atoms with Gasteiger partial charge >= 0.3 is 0 Å². The molecule has 21 heavy (non-hydrogen) atoms. The number of nitrogens with zero attached hydrogens (tertiary/aromatic N) is 2. The number of benzene rings is 1. The van der Waals surface area contributed by atoms with Crippen molar-refractivity contribution in [2.45, 2.75) is 0 Å². The second kappa shape index (κ2) is 5.25. The molecule has 2 amide bonds. The average molecular weight is 292 g/mol. The molecule has 0 bridgehead atoms. The number of fused-ring (bicyclic) bond motifs is 1. The molecule has 0 spiro atoms. The molecule has 0 radical (unpaired) electrons. The van der Waals surface area contributed by atoms with Gasteiger partial charge in [-0.05, 0) is 12.1 Å². The van der Waals surface area contributed by atoms with E-state index in [-0.39, 0.29) is 23.7 Å². The number of carbonyl (C=O) groups is 3. The number of ether oxygens (including phenoxy) is 1. The van der Waals surface area contributed by atoms with Gasteiger partial charge < -0.3 is 9.64 Å². The lowest BCUT2D eigenvalue weighted by Gasteiger charge is -2.28. The van der Waals surface area contributed by atoms with Gasteiger partial charge in [-0.2, -0.15) is 0 Å². The first kappa shape index (κ1) is 13.7. The van der Waals surface area contributed by atoms with Crippen molar-refractivity contribution in [3.05, 3.63) is 29.6 Å². The topological polar surface area (TPSA) is 66.9 Å². The Balaban J connectivity index is 1.84. The minimum absolute atomic E-state index is 0.00905. The maximum absolute atomic E-state index is 13.9. The van der Waals surface area contributed by atoms with Gasteiger partial charge in [0.2, 0.25) is 5.91 Å². The van der Waals surface area contributed by atoms with Gasteiger partial charge in [0.15, 0.2) is 0 Å². The van der Waals surface area contributed by atoms with E-state index in [4.69, 9.17) is 4.74 Å². The van der Waals surface area contributed by atoms with E-state index < -0.39 is 17.5 Å². The Morgan fingerprint density at radius 1 is 1.24 bits per heavy atom. The fourth-order valence-electron chi connectivity index (χ4n) is 2.51. The van der Waals surface area contributed by atoms with Crippen LogP contribution in [0.4, 0.5) is 10.1 Å². The lowest BCUT2D eigenvalue weighted by Crippen LogP contribution is -2.47. The van der Waals surface area contributed by atoms with Crippen LogP contribution in [0.15, 0.2) is 18.2 Å². The number of morpholine rings is 1. The molecule has 0 aliphatic carbocycles. The first-order chi connectivity index (χ1) is 10.1. The van der Waals surface area contributed by atoms with Crippen molar-refractivity contribution in [3.8, 4) is 0 Å². The fraction of sp³-hybridized carbons (Fsp3) is 0.357. The van der Waals surface area contributed by atoms with E-state index in [0.29, 0.717) is 26.3 Å². The molecule has 110 valence electrons. The second-order valence-electron chi connectivity index (χ2n) is 4.85. The summed E-state index contributed by atoms with van der Waals surface area (Å²) in [6.45, 7) is 1.39. The highest BCUT2D eigenvalue weighted by molar-refractivity contribution is 6.52. The molecule has 0 saturated carbocycles. The molecule has 7 heteroatoms. The quantitative estimate of drug-likeness (QED) is 0.731. The first-order valence-electron chi connectivity index (χ1n) is 6.60. The third-order valence-corrected chi connectivity index (χ3v) is 3.60. The van der Waals surface area contributed by atoms with Crippen LogP contribution in [0.25, 0.3) is 0 Å². The van der Waals surface area contributed by atoms with Crippen LogP contribution in [0.5, 0.6) is 0 Å². The van der Waals surface area contributed by atoms with Crippen molar-refractivity contribution in [1.82, 2.24) is 4.90 Å². The number of anilines is 1. The molecule has 2 aliphatic heterocycles. The van der Waals surface area contributed by atoms with E-state index in [1.807, 2.05) is 0 Å². The third-order valence-electron chi connectivity index (χ3n) is 3.60. The number of para-hydroxylation sites is 1. The average Bonchev–Trinajstić information content (AvgIpc) is 2.74. The van der Waals surface area contributed by atoms with Crippen molar-refractivity contribution in [2.75, 3.05) is 37.7 Å². The summed E-state index contributed by atoms with van der Waals surface area (Å²) in [6.07, 6.45) is 0. The Morgan fingerprint density at radius 2 is 1.95 bits per heavy atom. The summed E-state index contributed by atoms with van der Waals surface area (Å²) in [7, 11) is 0. The van der Waals surface area contributed by atoms with Gasteiger partial charge in [0.05, 0.1) is 24.5 Å². The molecular weight excluding hydrogens is 279 g/mol. The Kier molecular flexibility index (Phi) is 3.42. The van der Waals surface area contributed by atoms with Gasteiger partial charge in [0.25, 0.3) is 11.7 Å². The third kappa shape index (κ3) is 2.29. The molecular formula is C14H13FN2O4. The monoisotopic (exact) mass is 292 g/mol. The van der Waals surface area contributed by atoms with E-state index in [0.717, 1.165) is 11.0 Å². The van der Waals surface area contributed by atoms with E-state index >= 15 is 0 Å². The Bertz CT molecular complexity index is 625. The predicted octanol–water partition coefficient (Wildman–Crippen LogP) is 0.214. The summed E-state index contributed by atoms with van der Waals surface area (Å²) in [4.78, 5) is 38.4. The van der Waals surface area contributed by atoms with Crippen molar-refractivity contribution in [3.63, 3.8) is 0 Å². The van der Waals surface area contributed by atoms with Crippen LogP contribution in [-0.4, -0.2) is 55.3 Å². The molecule has 1 aromatic carbocycles. The van der Waals surface area contributed by atoms with Gasteiger partial charge in [-0.3, -0.25) is 19.3 Å². The van der Waals surface area contributed by atoms with Gasteiger partial charge in [0, 0.05) is 13.1 Å². The number of rotatable bonds is 2. The standard InChI is InChI=1S/C14H13FN2O4/c15-10-3-1-2-9-12(10)17(14(20)13(9)19)8-11(18)16-4-6-21-7-5-16/h1-3H,4-8H2. The van der Waals surface area contributed by atoms with Gasteiger partial charge in [0.1, 0.15) is 12.4 Å². The zero-order chi connectivity index (χ0) is 15.0. The number of carbonyl (C=O) groups excluding carboxylic acids is 3. The molecule has 2 aliphatic rings. The second-order valence-corrected chi connectivity index (χ2v) is 4.85. The van der Waals surface area contributed by atoms with Crippen molar-refractivity contribution in [1.29, 1.82) is 0 Å². The number of hydrogen-bond donors (Lipinski definition) is 0. The smallest absolute Gasteiger partial charge is 0.300 e.